The van der Waals surface area contributed by atoms with E-state index in [1.54, 1.807) is 6.92 Å². The van der Waals surface area contributed by atoms with Crippen LogP contribution in [-0.2, 0) is 4.79 Å². The summed E-state index contributed by atoms with van der Waals surface area (Å²) in [5, 5.41) is 12.0. The van der Waals surface area contributed by atoms with Crippen LogP contribution < -0.4 is 5.32 Å². The quantitative estimate of drug-likeness (QED) is 0.783. The van der Waals surface area contributed by atoms with Crippen LogP contribution >= 0.6 is 11.8 Å². The van der Waals surface area contributed by atoms with E-state index in [1.807, 2.05) is 6.92 Å². The molecule has 1 aromatic carbocycles. The summed E-state index contributed by atoms with van der Waals surface area (Å²) >= 11 is 1.17. The van der Waals surface area contributed by atoms with Crippen molar-refractivity contribution in [1.82, 2.24) is 5.32 Å². The highest BCUT2D eigenvalue weighted by Crippen LogP contribution is 2.24. The maximum absolute atomic E-state index is 13.0. The normalized spacial score (nSPS) is 14.2. The first-order chi connectivity index (χ1) is 8.39. The van der Waals surface area contributed by atoms with Crippen molar-refractivity contribution < 1.29 is 18.7 Å². The highest BCUT2D eigenvalue weighted by Gasteiger charge is 2.32. The molecular weight excluding hydrogens is 260 g/mol. The number of carboxylic acid groups (broad SMARTS) is 1. The first-order valence-electron chi connectivity index (χ1n) is 5.45. The van der Waals surface area contributed by atoms with Crippen LogP contribution in [0.15, 0.2) is 23.1 Å². The van der Waals surface area contributed by atoms with Crippen molar-refractivity contribution in [3.63, 3.8) is 0 Å². The number of hydrogen-bond acceptors (Lipinski definition) is 3. The maximum atomic E-state index is 13.0. The first kappa shape index (κ1) is 14.9. The largest absolute Gasteiger partial charge is 0.480 e. The average Bonchev–Trinajstić information content (AvgIpc) is 2.31. The van der Waals surface area contributed by atoms with Gasteiger partial charge in [0.25, 0.3) is 0 Å². The molecule has 2 N–H and O–H groups in total. The predicted molar refractivity (Wildman–Crippen MR) is 66.8 cm³/mol. The van der Waals surface area contributed by atoms with E-state index >= 15 is 0 Å². The summed E-state index contributed by atoms with van der Waals surface area (Å²) in [5.41, 5.74) is -1.09. The molecule has 0 saturated carbocycles. The van der Waals surface area contributed by atoms with Crippen LogP contribution in [0.4, 0.5) is 8.78 Å². The summed E-state index contributed by atoms with van der Waals surface area (Å²) in [6, 6.07) is 3.52. The summed E-state index contributed by atoms with van der Waals surface area (Å²) in [6.45, 7) is 3.89. The molecule has 0 heterocycles. The van der Waals surface area contributed by atoms with E-state index in [0.717, 1.165) is 12.1 Å². The summed E-state index contributed by atoms with van der Waals surface area (Å²) in [6.07, 6.45) is 0. The van der Waals surface area contributed by atoms with Crippen LogP contribution in [0, 0.1) is 11.6 Å². The molecule has 0 aromatic heterocycles. The van der Waals surface area contributed by atoms with Gasteiger partial charge in [0.2, 0.25) is 0 Å². The minimum Gasteiger partial charge on any atom is -0.480 e. The first-order valence-corrected chi connectivity index (χ1v) is 6.44. The van der Waals surface area contributed by atoms with Gasteiger partial charge in [-0.25, -0.2) is 8.78 Å². The zero-order valence-electron chi connectivity index (χ0n) is 10.2. The second-order valence-electron chi connectivity index (χ2n) is 4.03. The SMILES string of the molecule is CCNC(C)(CSc1ccc(F)c(F)c1)C(=O)O. The molecule has 0 aliphatic rings. The van der Waals surface area contributed by atoms with Gasteiger partial charge < -0.3 is 10.4 Å². The van der Waals surface area contributed by atoms with E-state index < -0.39 is 23.1 Å². The molecule has 0 spiro atoms. The molecule has 0 bridgehead atoms. The van der Waals surface area contributed by atoms with Gasteiger partial charge in [-0.15, -0.1) is 11.8 Å². The van der Waals surface area contributed by atoms with E-state index in [1.165, 1.54) is 17.8 Å². The van der Waals surface area contributed by atoms with Crippen LogP contribution in [0.5, 0.6) is 0 Å². The third-order valence-corrected chi connectivity index (χ3v) is 3.77. The van der Waals surface area contributed by atoms with Gasteiger partial charge in [-0.3, -0.25) is 4.79 Å². The van der Waals surface area contributed by atoms with E-state index in [4.69, 9.17) is 5.11 Å². The van der Waals surface area contributed by atoms with Crippen LogP contribution in [0.1, 0.15) is 13.8 Å². The monoisotopic (exact) mass is 275 g/mol. The molecule has 1 aromatic rings. The number of aliphatic carboxylic acids is 1. The van der Waals surface area contributed by atoms with Crippen molar-refractivity contribution in [2.24, 2.45) is 0 Å². The highest BCUT2D eigenvalue weighted by molar-refractivity contribution is 7.99. The lowest BCUT2D eigenvalue weighted by Gasteiger charge is -2.25. The third kappa shape index (κ3) is 3.68. The fraction of sp³-hybridized carbons (Fsp3) is 0.417. The molecule has 1 atom stereocenters. The lowest BCUT2D eigenvalue weighted by Crippen LogP contribution is -2.51. The number of carbonyl (C=O) groups is 1. The van der Waals surface area contributed by atoms with Gasteiger partial charge in [-0.2, -0.15) is 0 Å². The Kier molecular flexibility index (Phi) is 5.10. The molecule has 1 unspecified atom stereocenters. The molecule has 0 saturated heterocycles. The minimum absolute atomic E-state index is 0.223. The summed E-state index contributed by atoms with van der Waals surface area (Å²) in [4.78, 5) is 11.6. The molecule has 0 aliphatic carbocycles. The molecule has 100 valence electrons. The molecule has 6 heteroatoms. The Balaban J connectivity index is 2.73. The van der Waals surface area contributed by atoms with Crippen molar-refractivity contribution in [2.45, 2.75) is 24.3 Å². The fourth-order valence-corrected chi connectivity index (χ4v) is 2.40. The molecular formula is C12H15F2NO2S. The van der Waals surface area contributed by atoms with Crippen molar-refractivity contribution >= 4 is 17.7 Å². The molecule has 3 nitrogen and oxygen atoms in total. The topological polar surface area (TPSA) is 49.3 Å². The van der Waals surface area contributed by atoms with Crippen molar-refractivity contribution in [2.75, 3.05) is 12.3 Å². The Morgan fingerprint density at radius 3 is 2.61 bits per heavy atom. The Bertz CT molecular complexity index is 442. The fourth-order valence-electron chi connectivity index (χ4n) is 1.37. The van der Waals surface area contributed by atoms with Crippen LogP contribution in [0.3, 0.4) is 0 Å². The van der Waals surface area contributed by atoms with Crippen LogP contribution in [0.25, 0.3) is 0 Å². The number of rotatable bonds is 6. The van der Waals surface area contributed by atoms with E-state index in [0.29, 0.717) is 11.4 Å². The Morgan fingerprint density at radius 1 is 1.44 bits per heavy atom. The molecule has 0 fully saturated rings. The Labute approximate surface area is 109 Å². The number of carboxylic acids is 1. The third-order valence-electron chi connectivity index (χ3n) is 2.46. The standard InChI is InChI=1S/C12H15F2NO2S/c1-3-15-12(2,11(16)17)7-18-8-4-5-9(13)10(14)6-8/h4-6,15H,3,7H2,1-2H3,(H,16,17). The number of nitrogens with one attached hydrogen (secondary N) is 1. The van der Waals surface area contributed by atoms with Gasteiger partial charge in [0.15, 0.2) is 11.6 Å². The lowest BCUT2D eigenvalue weighted by atomic mass is 10.1. The maximum Gasteiger partial charge on any atom is 0.324 e. The van der Waals surface area contributed by atoms with Crippen molar-refractivity contribution in [3.05, 3.63) is 29.8 Å². The van der Waals surface area contributed by atoms with Crippen molar-refractivity contribution in [3.8, 4) is 0 Å². The van der Waals surface area contributed by atoms with Crippen LogP contribution in [0.2, 0.25) is 0 Å². The average molecular weight is 275 g/mol. The molecule has 18 heavy (non-hydrogen) atoms. The highest BCUT2D eigenvalue weighted by atomic mass is 32.2. The Hall–Kier alpha value is -1.14. The van der Waals surface area contributed by atoms with Gasteiger partial charge in [0.05, 0.1) is 0 Å². The van der Waals surface area contributed by atoms with Gasteiger partial charge in [-0.1, -0.05) is 6.92 Å². The number of halogens is 2. The molecule has 0 aliphatic heterocycles. The van der Waals surface area contributed by atoms with Gasteiger partial charge >= 0.3 is 5.97 Å². The summed E-state index contributed by atoms with van der Waals surface area (Å²) in [7, 11) is 0. The number of likely N-dealkylation sites (N-methyl/N-ethyl adjacent to an activating group) is 1. The minimum atomic E-state index is -1.09. The van der Waals surface area contributed by atoms with Gasteiger partial charge in [0, 0.05) is 10.6 Å². The van der Waals surface area contributed by atoms with Crippen LogP contribution in [-0.4, -0.2) is 28.9 Å². The predicted octanol–water partition coefficient (Wildman–Crippen LogP) is 2.51. The van der Waals surface area contributed by atoms with Crippen molar-refractivity contribution in [1.29, 1.82) is 0 Å². The summed E-state index contributed by atoms with van der Waals surface area (Å²) < 4.78 is 25.7. The van der Waals surface area contributed by atoms with Gasteiger partial charge in [-0.05, 0) is 31.7 Å². The molecule has 1 rings (SSSR count). The zero-order valence-corrected chi connectivity index (χ0v) is 11.0. The van der Waals surface area contributed by atoms with E-state index in [-0.39, 0.29) is 5.75 Å². The smallest absolute Gasteiger partial charge is 0.324 e. The Morgan fingerprint density at radius 2 is 2.11 bits per heavy atom. The molecule has 0 radical (unpaired) electrons. The number of hydrogen-bond donors (Lipinski definition) is 2. The lowest BCUT2D eigenvalue weighted by molar-refractivity contribution is -0.143. The number of thioether (sulfide) groups is 1. The van der Waals surface area contributed by atoms with E-state index in [9.17, 15) is 13.6 Å². The van der Waals surface area contributed by atoms with E-state index in [2.05, 4.69) is 5.32 Å². The van der Waals surface area contributed by atoms with Gasteiger partial charge in [0.1, 0.15) is 5.54 Å². The zero-order chi connectivity index (χ0) is 13.8. The second-order valence-corrected chi connectivity index (χ2v) is 5.08. The summed E-state index contributed by atoms with van der Waals surface area (Å²) in [5.74, 6) is -2.59. The number of benzene rings is 1. The second kappa shape index (κ2) is 6.15. The molecule has 0 amide bonds.